The van der Waals surface area contributed by atoms with Gasteiger partial charge in [0.15, 0.2) is 0 Å². The Kier molecular flexibility index (Phi) is 5.38. The summed E-state index contributed by atoms with van der Waals surface area (Å²) in [6, 6.07) is 7.46. The van der Waals surface area contributed by atoms with Gasteiger partial charge in [-0.05, 0) is 18.1 Å². The standard InChI is InChI=1S/C14H18BNO5/c1-20-7-6-14(17)16-13(15(18)19)8-10-9-21-12-5-3-2-4-11(10)12/h2-5,9,13,18-19H,6-8H2,1H3,(H,16,17)/t13-/m0/s1. The molecule has 0 aliphatic carbocycles. The average Bonchev–Trinajstić information content (AvgIpc) is 2.87. The van der Waals surface area contributed by atoms with Crippen LogP contribution >= 0.6 is 0 Å². The van der Waals surface area contributed by atoms with E-state index in [9.17, 15) is 14.8 Å². The van der Waals surface area contributed by atoms with Gasteiger partial charge in [-0.1, -0.05) is 18.2 Å². The molecule has 0 saturated carbocycles. The largest absolute Gasteiger partial charge is 0.475 e. The van der Waals surface area contributed by atoms with Crippen molar-refractivity contribution in [3.63, 3.8) is 0 Å². The summed E-state index contributed by atoms with van der Waals surface area (Å²) >= 11 is 0. The van der Waals surface area contributed by atoms with Crippen LogP contribution in [0.15, 0.2) is 34.9 Å². The van der Waals surface area contributed by atoms with E-state index in [1.807, 2.05) is 24.3 Å². The van der Waals surface area contributed by atoms with Gasteiger partial charge in [0.05, 0.1) is 18.8 Å². The fraction of sp³-hybridized carbons (Fsp3) is 0.357. The van der Waals surface area contributed by atoms with Crippen molar-refractivity contribution in [1.82, 2.24) is 5.32 Å². The number of fused-ring (bicyclic) bond motifs is 1. The topological polar surface area (TPSA) is 91.9 Å². The molecule has 0 fully saturated rings. The maximum absolute atomic E-state index is 11.7. The van der Waals surface area contributed by atoms with Gasteiger partial charge in [-0.15, -0.1) is 0 Å². The summed E-state index contributed by atoms with van der Waals surface area (Å²) in [6.07, 6.45) is 2.01. The van der Waals surface area contributed by atoms with Crippen molar-refractivity contribution in [2.45, 2.75) is 18.8 Å². The number of hydrogen-bond donors (Lipinski definition) is 3. The van der Waals surface area contributed by atoms with E-state index in [-0.39, 0.29) is 25.4 Å². The van der Waals surface area contributed by atoms with Crippen molar-refractivity contribution >= 4 is 24.0 Å². The molecule has 0 aliphatic rings. The summed E-state index contributed by atoms with van der Waals surface area (Å²) in [5, 5.41) is 22.4. The van der Waals surface area contributed by atoms with Crippen LogP contribution < -0.4 is 5.32 Å². The summed E-state index contributed by atoms with van der Waals surface area (Å²) < 4.78 is 10.2. The Hall–Kier alpha value is -1.83. The van der Waals surface area contributed by atoms with E-state index < -0.39 is 13.1 Å². The van der Waals surface area contributed by atoms with Crippen molar-refractivity contribution in [3.05, 3.63) is 36.1 Å². The van der Waals surface area contributed by atoms with E-state index in [2.05, 4.69) is 5.32 Å². The van der Waals surface area contributed by atoms with Crippen LogP contribution in [0.4, 0.5) is 0 Å². The van der Waals surface area contributed by atoms with Gasteiger partial charge >= 0.3 is 7.12 Å². The minimum absolute atomic E-state index is 0.172. The second-order valence-electron chi connectivity index (χ2n) is 4.79. The Morgan fingerprint density at radius 2 is 2.19 bits per heavy atom. The molecule has 7 heteroatoms. The minimum Gasteiger partial charge on any atom is -0.464 e. The van der Waals surface area contributed by atoms with Crippen LogP contribution in [0.1, 0.15) is 12.0 Å². The van der Waals surface area contributed by atoms with Gasteiger partial charge in [-0.25, -0.2) is 0 Å². The normalized spacial score (nSPS) is 12.3. The number of para-hydroxylation sites is 1. The van der Waals surface area contributed by atoms with Gasteiger partial charge in [0.25, 0.3) is 0 Å². The Bertz CT molecular complexity index is 598. The van der Waals surface area contributed by atoms with Gasteiger partial charge in [0, 0.05) is 18.9 Å². The number of benzene rings is 1. The number of rotatable bonds is 7. The monoisotopic (exact) mass is 291 g/mol. The van der Waals surface area contributed by atoms with Gasteiger partial charge in [0.1, 0.15) is 5.58 Å². The molecule has 1 atom stereocenters. The van der Waals surface area contributed by atoms with Crippen molar-refractivity contribution in [3.8, 4) is 0 Å². The maximum Gasteiger partial charge on any atom is 0.475 e. The van der Waals surface area contributed by atoms with E-state index in [0.717, 1.165) is 16.5 Å². The molecule has 21 heavy (non-hydrogen) atoms. The molecule has 0 saturated heterocycles. The fourth-order valence-corrected chi connectivity index (χ4v) is 2.13. The first-order valence-electron chi connectivity index (χ1n) is 6.71. The number of carbonyl (C=O) groups is 1. The lowest BCUT2D eigenvalue weighted by Crippen LogP contribution is -2.48. The third-order valence-corrected chi connectivity index (χ3v) is 3.24. The maximum atomic E-state index is 11.7. The first kappa shape index (κ1) is 15.6. The van der Waals surface area contributed by atoms with Crippen LogP contribution in [0.5, 0.6) is 0 Å². The zero-order chi connectivity index (χ0) is 15.2. The third-order valence-electron chi connectivity index (χ3n) is 3.24. The van der Waals surface area contributed by atoms with Gasteiger partial charge in [-0.3, -0.25) is 4.79 Å². The Balaban J connectivity index is 2.07. The summed E-state index contributed by atoms with van der Waals surface area (Å²) in [5.74, 6) is -1.09. The highest BCUT2D eigenvalue weighted by atomic mass is 16.5. The van der Waals surface area contributed by atoms with E-state index in [1.54, 1.807) is 6.26 Å². The molecule has 1 heterocycles. The molecule has 2 rings (SSSR count). The van der Waals surface area contributed by atoms with E-state index in [4.69, 9.17) is 9.15 Å². The average molecular weight is 291 g/mol. The first-order valence-corrected chi connectivity index (χ1v) is 6.71. The van der Waals surface area contributed by atoms with Crippen LogP contribution in [-0.4, -0.2) is 42.7 Å². The van der Waals surface area contributed by atoms with Crippen molar-refractivity contribution in [2.75, 3.05) is 13.7 Å². The molecule has 1 aromatic carbocycles. The zero-order valence-electron chi connectivity index (χ0n) is 11.8. The van der Waals surface area contributed by atoms with Gasteiger partial charge in [-0.2, -0.15) is 0 Å². The lowest BCUT2D eigenvalue weighted by molar-refractivity contribution is -0.122. The SMILES string of the molecule is COCCC(=O)N[C@@H](Cc1coc2ccccc12)B(O)O. The molecular formula is C14H18BNO5. The third kappa shape index (κ3) is 4.07. The number of ether oxygens (including phenoxy) is 1. The molecule has 0 spiro atoms. The quantitative estimate of drug-likeness (QED) is 0.646. The molecule has 0 bridgehead atoms. The molecule has 0 radical (unpaired) electrons. The zero-order valence-corrected chi connectivity index (χ0v) is 11.8. The lowest BCUT2D eigenvalue weighted by Gasteiger charge is -2.17. The van der Waals surface area contributed by atoms with Crippen molar-refractivity contribution < 1.29 is 24.0 Å². The molecule has 6 nitrogen and oxygen atoms in total. The summed E-state index contributed by atoms with van der Waals surface area (Å²) in [6.45, 7) is 0.286. The van der Waals surface area contributed by atoms with Gasteiger partial charge in [0.2, 0.25) is 5.91 Å². The molecule has 1 aromatic heterocycles. The van der Waals surface area contributed by atoms with Crippen molar-refractivity contribution in [1.29, 1.82) is 0 Å². The van der Waals surface area contributed by atoms with Gasteiger partial charge < -0.3 is 24.5 Å². The summed E-state index contributed by atoms with van der Waals surface area (Å²) in [4.78, 5) is 11.7. The number of methoxy groups -OCH3 is 1. The van der Waals surface area contributed by atoms with E-state index in [1.165, 1.54) is 7.11 Å². The second-order valence-corrected chi connectivity index (χ2v) is 4.79. The van der Waals surface area contributed by atoms with E-state index in [0.29, 0.717) is 0 Å². The Morgan fingerprint density at radius 1 is 1.43 bits per heavy atom. The van der Waals surface area contributed by atoms with Crippen LogP contribution in [0, 0.1) is 0 Å². The van der Waals surface area contributed by atoms with E-state index >= 15 is 0 Å². The van der Waals surface area contributed by atoms with Crippen LogP contribution in [0.2, 0.25) is 0 Å². The van der Waals surface area contributed by atoms with Crippen molar-refractivity contribution in [2.24, 2.45) is 0 Å². The molecule has 0 unspecified atom stereocenters. The highest BCUT2D eigenvalue weighted by Crippen LogP contribution is 2.22. The first-order chi connectivity index (χ1) is 10.1. The smallest absolute Gasteiger partial charge is 0.464 e. The number of furan rings is 1. The predicted octanol–water partition coefficient (Wildman–Crippen LogP) is 0.509. The Morgan fingerprint density at radius 3 is 2.90 bits per heavy atom. The Labute approximate surface area is 122 Å². The number of amides is 1. The van der Waals surface area contributed by atoms with Crippen LogP contribution in [0.25, 0.3) is 11.0 Å². The molecule has 3 N–H and O–H groups in total. The fourth-order valence-electron chi connectivity index (χ4n) is 2.13. The number of nitrogens with one attached hydrogen (secondary N) is 1. The molecule has 1 amide bonds. The molecule has 0 aliphatic heterocycles. The lowest BCUT2D eigenvalue weighted by atomic mass is 9.76. The summed E-state index contributed by atoms with van der Waals surface area (Å²) in [7, 11) is -0.145. The minimum atomic E-state index is -1.65. The predicted molar refractivity (Wildman–Crippen MR) is 78.5 cm³/mol. The van der Waals surface area contributed by atoms with Crippen LogP contribution in [0.3, 0.4) is 0 Å². The van der Waals surface area contributed by atoms with Crippen LogP contribution in [-0.2, 0) is 16.0 Å². The highest BCUT2D eigenvalue weighted by molar-refractivity contribution is 6.43. The molecule has 2 aromatic rings. The number of carbonyl (C=O) groups excluding carboxylic acids is 1. The summed E-state index contributed by atoms with van der Waals surface area (Å²) in [5.41, 5.74) is 1.54. The molecular weight excluding hydrogens is 273 g/mol. The molecule has 112 valence electrons. The number of hydrogen-bond acceptors (Lipinski definition) is 5. The second kappa shape index (κ2) is 7.26. The highest BCUT2D eigenvalue weighted by Gasteiger charge is 2.26.